The van der Waals surface area contributed by atoms with Gasteiger partial charge in [0.2, 0.25) is 0 Å². The molecule has 0 amide bonds. The van der Waals surface area contributed by atoms with Crippen molar-refractivity contribution in [2.45, 2.75) is 70.8 Å². The standard InChI is InChI=1S/C21H32O/c1-4-21(22)14-11-18-16-9-8-15-7-5-6-12-19(15,2)17(16)10-13-20(18,21)3/h4-6,15-18,22H,1,7-14H2,2-3H3/t15-,16+,17-,18-,19-,20-,21+/m0/s1. The predicted molar refractivity (Wildman–Crippen MR) is 91.4 cm³/mol. The van der Waals surface area contributed by atoms with E-state index in [-0.39, 0.29) is 5.41 Å². The van der Waals surface area contributed by atoms with Crippen LogP contribution in [0.25, 0.3) is 0 Å². The molecule has 0 heterocycles. The molecular weight excluding hydrogens is 268 g/mol. The molecule has 122 valence electrons. The normalized spacial score (nSPS) is 56.9. The summed E-state index contributed by atoms with van der Waals surface area (Å²) in [6, 6.07) is 0. The Labute approximate surface area is 135 Å². The van der Waals surface area contributed by atoms with Gasteiger partial charge in [0.15, 0.2) is 0 Å². The highest BCUT2D eigenvalue weighted by atomic mass is 16.3. The Hall–Kier alpha value is -0.560. The van der Waals surface area contributed by atoms with Crippen LogP contribution in [-0.2, 0) is 0 Å². The first kappa shape index (κ1) is 15.0. The highest BCUT2D eigenvalue weighted by molar-refractivity contribution is 5.19. The number of fused-ring (bicyclic) bond motifs is 5. The second kappa shape index (κ2) is 4.72. The van der Waals surface area contributed by atoms with E-state index in [1.807, 2.05) is 6.08 Å². The van der Waals surface area contributed by atoms with E-state index in [0.717, 1.165) is 24.2 Å². The molecule has 7 atom stereocenters. The highest BCUT2D eigenvalue weighted by Crippen LogP contribution is 2.67. The van der Waals surface area contributed by atoms with Gasteiger partial charge in [0.1, 0.15) is 0 Å². The van der Waals surface area contributed by atoms with Crippen LogP contribution in [0.1, 0.15) is 65.2 Å². The molecule has 4 aliphatic rings. The molecule has 0 spiro atoms. The summed E-state index contributed by atoms with van der Waals surface area (Å²) in [5.74, 6) is 3.32. The first-order chi connectivity index (χ1) is 10.4. The zero-order valence-corrected chi connectivity index (χ0v) is 14.4. The zero-order chi connectivity index (χ0) is 15.6. The Morgan fingerprint density at radius 1 is 1.05 bits per heavy atom. The summed E-state index contributed by atoms with van der Waals surface area (Å²) in [4.78, 5) is 0. The van der Waals surface area contributed by atoms with Crippen molar-refractivity contribution in [1.29, 1.82) is 0 Å². The Morgan fingerprint density at radius 2 is 1.82 bits per heavy atom. The van der Waals surface area contributed by atoms with E-state index in [9.17, 15) is 5.11 Å². The predicted octanol–water partition coefficient (Wildman–Crippen LogP) is 5.11. The van der Waals surface area contributed by atoms with Crippen molar-refractivity contribution >= 4 is 0 Å². The summed E-state index contributed by atoms with van der Waals surface area (Å²) in [7, 11) is 0. The second-order valence-corrected chi connectivity index (χ2v) is 9.19. The number of hydrogen-bond donors (Lipinski definition) is 1. The van der Waals surface area contributed by atoms with Crippen LogP contribution in [-0.4, -0.2) is 10.7 Å². The quantitative estimate of drug-likeness (QED) is 0.667. The third-order valence-corrected chi connectivity index (χ3v) is 8.76. The fourth-order valence-corrected chi connectivity index (χ4v) is 7.22. The van der Waals surface area contributed by atoms with Crippen molar-refractivity contribution < 1.29 is 5.11 Å². The van der Waals surface area contributed by atoms with Gasteiger partial charge in [-0.2, -0.15) is 0 Å². The minimum Gasteiger partial charge on any atom is -0.385 e. The largest absolute Gasteiger partial charge is 0.385 e. The number of aliphatic hydroxyl groups is 1. The molecule has 3 fully saturated rings. The van der Waals surface area contributed by atoms with Crippen molar-refractivity contribution in [2.75, 3.05) is 0 Å². The lowest BCUT2D eigenvalue weighted by Crippen LogP contribution is -2.55. The van der Waals surface area contributed by atoms with E-state index in [0.29, 0.717) is 11.3 Å². The molecule has 0 aromatic carbocycles. The monoisotopic (exact) mass is 300 g/mol. The molecule has 1 nitrogen and oxygen atoms in total. The van der Waals surface area contributed by atoms with Gasteiger partial charge in [0, 0.05) is 5.41 Å². The van der Waals surface area contributed by atoms with Crippen molar-refractivity contribution in [1.82, 2.24) is 0 Å². The molecule has 0 radical (unpaired) electrons. The molecule has 0 unspecified atom stereocenters. The summed E-state index contributed by atoms with van der Waals surface area (Å²) in [6.07, 6.45) is 16.8. The molecule has 4 rings (SSSR count). The molecular formula is C21H32O. The molecule has 22 heavy (non-hydrogen) atoms. The first-order valence-corrected chi connectivity index (χ1v) is 9.45. The van der Waals surface area contributed by atoms with Gasteiger partial charge >= 0.3 is 0 Å². The van der Waals surface area contributed by atoms with Crippen LogP contribution >= 0.6 is 0 Å². The van der Waals surface area contributed by atoms with Gasteiger partial charge < -0.3 is 5.11 Å². The van der Waals surface area contributed by atoms with Crippen molar-refractivity contribution in [3.8, 4) is 0 Å². The zero-order valence-electron chi connectivity index (χ0n) is 14.4. The molecule has 0 aromatic rings. The van der Waals surface area contributed by atoms with E-state index in [1.54, 1.807) is 0 Å². The van der Waals surface area contributed by atoms with Crippen LogP contribution in [0.15, 0.2) is 24.8 Å². The third kappa shape index (κ3) is 1.70. The number of rotatable bonds is 1. The fourth-order valence-electron chi connectivity index (χ4n) is 7.22. The minimum atomic E-state index is -0.618. The van der Waals surface area contributed by atoms with Gasteiger partial charge in [0.25, 0.3) is 0 Å². The average molecular weight is 300 g/mol. The van der Waals surface area contributed by atoms with Crippen molar-refractivity contribution in [3.63, 3.8) is 0 Å². The van der Waals surface area contributed by atoms with Crippen LogP contribution in [0.2, 0.25) is 0 Å². The highest BCUT2D eigenvalue weighted by Gasteiger charge is 2.63. The van der Waals surface area contributed by atoms with Crippen molar-refractivity contribution in [3.05, 3.63) is 24.8 Å². The lowest BCUT2D eigenvalue weighted by atomic mass is 9.45. The average Bonchev–Trinajstić information content (AvgIpc) is 2.79. The van der Waals surface area contributed by atoms with E-state index >= 15 is 0 Å². The van der Waals surface area contributed by atoms with Crippen molar-refractivity contribution in [2.24, 2.45) is 34.5 Å². The number of hydrogen-bond acceptors (Lipinski definition) is 1. The number of allylic oxidation sites excluding steroid dienone is 2. The van der Waals surface area contributed by atoms with Crippen LogP contribution in [0.5, 0.6) is 0 Å². The van der Waals surface area contributed by atoms with Gasteiger partial charge in [-0.1, -0.05) is 32.1 Å². The van der Waals surface area contributed by atoms with Gasteiger partial charge in [-0.05, 0) is 80.5 Å². The maximum absolute atomic E-state index is 11.1. The fraction of sp³-hybridized carbons (Fsp3) is 0.810. The Balaban J connectivity index is 1.68. The molecule has 0 aliphatic heterocycles. The molecule has 0 aromatic heterocycles. The Kier molecular flexibility index (Phi) is 3.22. The van der Waals surface area contributed by atoms with Gasteiger partial charge in [-0.3, -0.25) is 0 Å². The summed E-state index contributed by atoms with van der Waals surface area (Å²) < 4.78 is 0. The van der Waals surface area contributed by atoms with Gasteiger partial charge in [0.05, 0.1) is 5.60 Å². The first-order valence-electron chi connectivity index (χ1n) is 9.45. The maximum atomic E-state index is 11.1. The molecule has 1 heteroatoms. The minimum absolute atomic E-state index is 0.0730. The molecule has 0 bridgehead atoms. The van der Waals surface area contributed by atoms with Crippen LogP contribution in [0.4, 0.5) is 0 Å². The van der Waals surface area contributed by atoms with Crippen LogP contribution in [0.3, 0.4) is 0 Å². The molecule has 4 aliphatic carbocycles. The summed E-state index contributed by atoms with van der Waals surface area (Å²) in [5.41, 5.74) is -0.0235. The summed E-state index contributed by atoms with van der Waals surface area (Å²) in [6.45, 7) is 8.91. The maximum Gasteiger partial charge on any atom is 0.0881 e. The topological polar surface area (TPSA) is 20.2 Å². The molecule has 1 N–H and O–H groups in total. The van der Waals surface area contributed by atoms with E-state index in [1.165, 1.54) is 44.9 Å². The SMILES string of the molecule is C=C[C@@]1(O)CC[C@H]2[C@@H]3CC[C@@H]4CC=CC[C@]4(C)[C@H]3CC[C@@]21C. The van der Waals surface area contributed by atoms with E-state index in [4.69, 9.17) is 0 Å². The van der Waals surface area contributed by atoms with Gasteiger partial charge in [-0.15, -0.1) is 6.58 Å². The van der Waals surface area contributed by atoms with Gasteiger partial charge in [-0.25, -0.2) is 0 Å². The lowest BCUT2D eigenvalue weighted by Gasteiger charge is -2.60. The van der Waals surface area contributed by atoms with E-state index in [2.05, 4.69) is 32.6 Å². The van der Waals surface area contributed by atoms with Crippen LogP contribution < -0.4 is 0 Å². The third-order valence-electron chi connectivity index (χ3n) is 8.76. The smallest absolute Gasteiger partial charge is 0.0881 e. The van der Waals surface area contributed by atoms with Crippen LogP contribution in [0, 0.1) is 34.5 Å². The summed E-state index contributed by atoms with van der Waals surface area (Å²) >= 11 is 0. The molecule has 0 saturated heterocycles. The van der Waals surface area contributed by atoms with E-state index < -0.39 is 5.60 Å². The Bertz CT molecular complexity index is 506. The lowest BCUT2D eigenvalue weighted by molar-refractivity contribution is -0.128. The Morgan fingerprint density at radius 3 is 2.59 bits per heavy atom. The second-order valence-electron chi connectivity index (χ2n) is 9.19. The summed E-state index contributed by atoms with van der Waals surface area (Å²) in [5, 5.41) is 11.1. The molecule has 3 saturated carbocycles.